The zero-order valence-corrected chi connectivity index (χ0v) is 11.5. The highest BCUT2D eigenvalue weighted by atomic mass is 35.5. The van der Waals surface area contributed by atoms with Gasteiger partial charge in [0.05, 0.1) is 16.3 Å². The summed E-state index contributed by atoms with van der Waals surface area (Å²) in [4.78, 5) is 11.7. The van der Waals surface area contributed by atoms with Crippen molar-refractivity contribution in [3.63, 3.8) is 0 Å². The fourth-order valence-electron chi connectivity index (χ4n) is 1.38. The molecule has 0 saturated heterocycles. The van der Waals surface area contributed by atoms with E-state index in [1.165, 1.54) is 12.3 Å². The van der Waals surface area contributed by atoms with Crippen LogP contribution >= 0.6 is 23.2 Å². The summed E-state index contributed by atoms with van der Waals surface area (Å²) in [5.41, 5.74) is 2.75. The molecule has 0 bridgehead atoms. The van der Waals surface area contributed by atoms with Gasteiger partial charge in [-0.2, -0.15) is 5.10 Å². The Bertz CT molecular complexity index is 635. The van der Waals surface area contributed by atoms with Crippen LogP contribution in [0.2, 0.25) is 10.0 Å². The lowest BCUT2D eigenvalue weighted by Gasteiger charge is -2.01. The molecule has 1 heterocycles. The number of halogens is 2. The minimum absolute atomic E-state index is 0.319. The molecule has 0 radical (unpaired) electrons. The number of nitrogens with one attached hydrogen (secondary N) is 1. The van der Waals surface area contributed by atoms with E-state index in [1.54, 1.807) is 18.2 Å². The van der Waals surface area contributed by atoms with Gasteiger partial charge in [-0.05, 0) is 37.3 Å². The summed E-state index contributed by atoms with van der Waals surface area (Å²) in [6.45, 7) is 1.83. The number of hydrazone groups is 1. The van der Waals surface area contributed by atoms with Crippen molar-refractivity contribution in [2.45, 2.75) is 6.92 Å². The lowest BCUT2D eigenvalue weighted by atomic mass is 10.2. The average Bonchev–Trinajstić information content (AvgIpc) is 2.78. The van der Waals surface area contributed by atoms with Gasteiger partial charge in [-0.15, -0.1) is 0 Å². The number of hydrogen-bond acceptors (Lipinski definition) is 3. The molecule has 98 valence electrons. The van der Waals surface area contributed by atoms with Crippen LogP contribution in [0.3, 0.4) is 0 Å². The Kier molecular flexibility index (Phi) is 4.24. The molecule has 4 nitrogen and oxygen atoms in total. The molecule has 0 aliphatic heterocycles. The summed E-state index contributed by atoms with van der Waals surface area (Å²) < 4.78 is 5.27. The monoisotopic (exact) mass is 296 g/mol. The maximum Gasteiger partial charge on any atom is 0.271 e. The van der Waals surface area contributed by atoms with E-state index in [9.17, 15) is 4.79 Å². The van der Waals surface area contributed by atoms with E-state index >= 15 is 0 Å². The van der Waals surface area contributed by atoms with Crippen LogP contribution in [0, 0.1) is 6.92 Å². The highest BCUT2D eigenvalue weighted by Crippen LogP contribution is 2.22. The second-order valence-electron chi connectivity index (χ2n) is 3.78. The Hall–Kier alpha value is -1.78. The van der Waals surface area contributed by atoms with Crippen LogP contribution in [0.5, 0.6) is 0 Å². The first-order valence-electron chi connectivity index (χ1n) is 5.41. The zero-order chi connectivity index (χ0) is 13.8. The van der Waals surface area contributed by atoms with Gasteiger partial charge in [0.2, 0.25) is 0 Å². The minimum Gasteiger partial charge on any atom is -0.460 e. The molecule has 0 spiro atoms. The van der Waals surface area contributed by atoms with Crippen molar-refractivity contribution in [2.24, 2.45) is 5.10 Å². The predicted molar refractivity (Wildman–Crippen MR) is 75.0 cm³/mol. The fourth-order valence-corrected chi connectivity index (χ4v) is 1.68. The Labute approximate surface area is 120 Å². The summed E-state index contributed by atoms with van der Waals surface area (Å²) in [6, 6.07) is 8.16. The van der Waals surface area contributed by atoms with Crippen molar-refractivity contribution in [1.82, 2.24) is 5.43 Å². The molecule has 0 aliphatic carbocycles. The van der Waals surface area contributed by atoms with Crippen molar-refractivity contribution in [2.75, 3.05) is 0 Å². The van der Waals surface area contributed by atoms with Crippen molar-refractivity contribution in [3.05, 3.63) is 57.5 Å². The Balaban J connectivity index is 2.01. The largest absolute Gasteiger partial charge is 0.460 e. The molecule has 1 amide bonds. The van der Waals surface area contributed by atoms with E-state index < -0.39 is 0 Å². The first-order chi connectivity index (χ1) is 9.06. The van der Waals surface area contributed by atoms with Crippen LogP contribution in [-0.4, -0.2) is 12.1 Å². The number of benzene rings is 1. The summed E-state index contributed by atoms with van der Waals surface area (Å²) in [5.74, 6) is 0.960. The van der Waals surface area contributed by atoms with Crippen molar-refractivity contribution in [1.29, 1.82) is 0 Å². The smallest absolute Gasteiger partial charge is 0.271 e. The quantitative estimate of drug-likeness (QED) is 0.694. The highest BCUT2D eigenvalue weighted by Gasteiger charge is 2.06. The van der Waals surface area contributed by atoms with E-state index in [1.807, 2.05) is 13.0 Å². The van der Waals surface area contributed by atoms with Crippen LogP contribution in [0.1, 0.15) is 21.9 Å². The third-order valence-electron chi connectivity index (χ3n) is 2.30. The van der Waals surface area contributed by atoms with Gasteiger partial charge in [0.1, 0.15) is 11.5 Å². The van der Waals surface area contributed by atoms with Crippen LogP contribution in [0.15, 0.2) is 39.9 Å². The van der Waals surface area contributed by atoms with E-state index in [4.69, 9.17) is 27.6 Å². The highest BCUT2D eigenvalue weighted by molar-refractivity contribution is 6.42. The number of furan rings is 1. The SMILES string of the molecule is Cc1ccc(C=NNC(=O)c2ccc(Cl)c(Cl)c2)o1. The van der Waals surface area contributed by atoms with Gasteiger partial charge in [0.25, 0.3) is 5.91 Å². The molecule has 19 heavy (non-hydrogen) atoms. The minimum atomic E-state index is -0.377. The normalized spacial score (nSPS) is 10.9. The lowest BCUT2D eigenvalue weighted by molar-refractivity contribution is 0.0955. The maximum absolute atomic E-state index is 11.7. The molecular formula is C13H10Cl2N2O2. The third-order valence-corrected chi connectivity index (χ3v) is 3.04. The van der Waals surface area contributed by atoms with Crippen LogP contribution < -0.4 is 5.43 Å². The Morgan fingerprint density at radius 3 is 2.68 bits per heavy atom. The number of rotatable bonds is 3. The molecule has 0 saturated carbocycles. The first kappa shape index (κ1) is 13.6. The van der Waals surface area contributed by atoms with E-state index in [0.717, 1.165) is 5.76 Å². The van der Waals surface area contributed by atoms with Crippen LogP contribution in [0.25, 0.3) is 0 Å². The second kappa shape index (κ2) is 5.91. The molecule has 6 heteroatoms. The number of nitrogens with zero attached hydrogens (tertiary/aromatic N) is 1. The Morgan fingerprint density at radius 1 is 1.26 bits per heavy atom. The van der Waals surface area contributed by atoms with Gasteiger partial charge >= 0.3 is 0 Å². The van der Waals surface area contributed by atoms with E-state index in [-0.39, 0.29) is 5.91 Å². The molecular weight excluding hydrogens is 287 g/mol. The van der Waals surface area contributed by atoms with Crippen molar-refractivity contribution >= 4 is 35.3 Å². The number of carbonyl (C=O) groups is 1. The molecule has 1 aromatic carbocycles. The van der Waals surface area contributed by atoms with Crippen molar-refractivity contribution in [3.8, 4) is 0 Å². The molecule has 1 N–H and O–H groups in total. The molecule has 0 fully saturated rings. The first-order valence-corrected chi connectivity index (χ1v) is 6.17. The summed E-state index contributed by atoms with van der Waals surface area (Å²) in [5, 5.41) is 4.50. The fraction of sp³-hybridized carbons (Fsp3) is 0.0769. The zero-order valence-electron chi connectivity index (χ0n) is 9.98. The topological polar surface area (TPSA) is 54.6 Å². The number of amides is 1. The second-order valence-corrected chi connectivity index (χ2v) is 4.59. The number of hydrogen-bond donors (Lipinski definition) is 1. The summed E-state index contributed by atoms with van der Waals surface area (Å²) in [7, 11) is 0. The average molecular weight is 297 g/mol. The summed E-state index contributed by atoms with van der Waals surface area (Å²) >= 11 is 11.6. The Morgan fingerprint density at radius 2 is 2.05 bits per heavy atom. The lowest BCUT2D eigenvalue weighted by Crippen LogP contribution is -2.17. The molecule has 2 aromatic rings. The molecule has 1 aromatic heterocycles. The van der Waals surface area contributed by atoms with Crippen LogP contribution in [0.4, 0.5) is 0 Å². The van der Waals surface area contributed by atoms with E-state index in [2.05, 4.69) is 10.5 Å². The van der Waals surface area contributed by atoms with Gasteiger partial charge in [-0.3, -0.25) is 4.79 Å². The van der Waals surface area contributed by atoms with Gasteiger partial charge < -0.3 is 4.42 Å². The van der Waals surface area contributed by atoms with Gasteiger partial charge in [-0.1, -0.05) is 23.2 Å². The summed E-state index contributed by atoms with van der Waals surface area (Å²) in [6.07, 6.45) is 1.42. The van der Waals surface area contributed by atoms with Gasteiger partial charge in [0, 0.05) is 5.56 Å². The predicted octanol–water partition coefficient (Wildman–Crippen LogP) is 3.66. The third kappa shape index (κ3) is 3.59. The number of aryl methyl sites for hydroxylation is 1. The maximum atomic E-state index is 11.7. The number of carbonyl (C=O) groups excluding carboxylic acids is 1. The van der Waals surface area contributed by atoms with Gasteiger partial charge in [0.15, 0.2) is 0 Å². The molecule has 2 rings (SSSR count). The molecule has 0 atom stereocenters. The van der Waals surface area contributed by atoms with E-state index in [0.29, 0.717) is 21.4 Å². The molecule has 0 unspecified atom stereocenters. The van der Waals surface area contributed by atoms with Gasteiger partial charge in [-0.25, -0.2) is 5.43 Å². The van der Waals surface area contributed by atoms with Crippen molar-refractivity contribution < 1.29 is 9.21 Å². The standard InChI is InChI=1S/C13H10Cl2N2O2/c1-8-2-4-10(19-8)7-16-17-13(18)9-3-5-11(14)12(15)6-9/h2-7H,1H3,(H,17,18). The molecule has 0 aliphatic rings. The van der Waals surface area contributed by atoms with Crippen LogP contribution in [-0.2, 0) is 0 Å².